The summed E-state index contributed by atoms with van der Waals surface area (Å²) < 4.78 is 38.4. The van der Waals surface area contributed by atoms with Crippen LogP contribution in [-0.2, 0) is 14.8 Å². The van der Waals surface area contributed by atoms with Gasteiger partial charge in [0.2, 0.25) is 10.0 Å². The van der Waals surface area contributed by atoms with Crippen LogP contribution in [0.3, 0.4) is 0 Å². The first-order valence-electron chi connectivity index (χ1n) is 8.72. The van der Waals surface area contributed by atoms with Crippen LogP contribution in [0.15, 0.2) is 53.4 Å². The van der Waals surface area contributed by atoms with Gasteiger partial charge in [0.15, 0.2) is 0 Å². The zero-order valence-corrected chi connectivity index (χ0v) is 16.7. The third kappa shape index (κ3) is 5.21. The minimum atomic E-state index is -3.62. The third-order valence-corrected chi connectivity index (χ3v) is 6.23. The Hall–Kier alpha value is -1.64. The minimum absolute atomic E-state index is 0.0111. The first-order chi connectivity index (χ1) is 13.0. The summed E-state index contributed by atoms with van der Waals surface area (Å²) >= 11 is 6.03. The van der Waals surface area contributed by atoms with Crippen molar-refractivity contribution in [1.82, 2.24) is 9.62 Å². The maximum Gasteiger partial charge on any atom is 0.240 e. The highest BCUT2D eigenvalue weighted by molar-refractivity contribution is 7.89. The standard InChI is InChI=1S/C19H23ClN2O4S/c1-25-18-8-7-16(13-17(18)20)27(23,24)21-9-10-22-11-12-26-19(14-22)15-5-3-2-4-6-15/h2-8,13,19,21H,9-12,14H2,1H3/t19-/m0/s1. The molecule has 1 aliphatic rings. The van der Waals surface area contributed by atoms with Gasteiger partial charge >= 0.3 is 0 Å². The number of benzene rings is 2. The number of halogens is 1. The fraction of sp³-hybridized carbons (Fsp3) is 0.368. The predicted octanol–water partition coefficient (Wildman–Crippen LogP) is 2.70. The highest BCUT2D eigenvalue weighted by Crippen LogP contribution is 2.27. The summed E-state index contributed by atoms with van der Waals surface area (Å²) in [6.07, 6.45) is 0.0111. The van der Waals surface area contributed by atoms with Crippen LogP contribution in [-0.4, -0.2) is 53.2 Å². The summed E-state index contributed by atoms with van der Waals surface area (Å²) in [5.74, 6) is 0.441. The van der Waals surface area contributed by atoms with Crippen LogP contribution in [0.1, 0.15) is 11.7 Å². The number of methoxy groups -OCH3 is 1. The predicted molar refractivity (Wildman–Crippen MR) is 105 cm³/mol. The first kappa shape index (κ1) is 20.1. The van der Waals surface area contributed by atoms with Crippen molar-refractivity contribution < 1.29 is 17.9 Å². The quantitative estimate of drug-likeness (QED) is 0.760. The fourth-order valence-electron chi connectivity index (χ4n) is 3.01. The van der Waals surface area contributed by atoms with E-state index in [4.69, 9.17) is 21.1 Å². The highest BCUT2D eigenvalue weighted by atomic mass is 35.5. The van der Waals surface area contributed by atoms with E-state index in [0.717, 1.165) is 18.7 Å². The lowest BCUT2D eigenvalue weighted by Gasteiger charge is -2.33. The van der Waals surface area contributed by atoms with Gasteiger partial charge in [0.1, 0.15) is 5.75 Å². The van der Waals surface area contributed by atoms with Gasteiger partial charge in [-0.1, -0.05) is 41.9 Å². The first-order valence-corrected chi connectivity index (χ1v) is 10.6. The molecule has 0 unspecified atom stereocenters. The van der Waals surface area contributed by atoms with Gasteiger partial charge in [0, 0.05) is 26.2 Å². The second kappa shape index (κ2) is 9.03. The van der Waals surface area contributed by atoms with Gasteiger partial charge in [-0.25, -0.2) is 13.1 Å². The van der Waals surface area contributed by atoms with Crippen LogP contribution >= 0.6 is 11.6 Å². The smallest absolute Gasteiger partial charge is 0.240 e. The number of nitrogens with zero attached hydrogens (tertiary/aromatic N) is 1. The molecule has 0 spiro atoms. The number of rotatable bonds is 7. The zero-order valence-electron chi connectivity index (χ0n) is 15.1. The lowest BCUT2D eigenvalue weighted by Crippen LogP contribution is -2.42. The molecule has 0 aromatic heterocycles. The Morgan fingerprint density at radius 1 is 1.26 bits per heavy atom. The Kier molecular flexibility index (Phi) is 6.73. The molecule has 2 aromatic rings. The van der Waals surface area contributed by atoms with E-state index in [1.165, 1.54) is 19.2 Å². The largest absolute Gasteiger partial charge is 0.495 e. The van der Waals surface area contributed by atoms with Crippen LogP contribution in [0, 0.1) is 0 Å². The van der Waals surface area contributed by atoms with Crippen LogP contribution in [0.2, 0.25) is 5.02 Å². The van der Waals surface area contributed by atoms with Gasteiger partial charge in [-0.2, -0.15) is 0 Å². The van der Waals surface area contributed by atoms with Crippen molar-refractivity contribution in [2.75, 3.05) is 39.9 Å². The lowest BCUT2D eigenvalue weighted by atomic mass is 10.1. The van der Waals surface area contributed by atoms with Gasteiger partial charge in [-0.05, 0) is 23.8 Å². The number of sulfonamides is 1. The molecule has 1 fully saturated rings. The minimum Gasteiger partial charge on any atom is -0.495 e. The Labute approximate surface area is 165 Å². The Morgan fingerprint density at radius 2 is 2.04 bits per heavy atom. The molecule has 0 aliphatic carbocycles. The molecule has 146 valence electrons. The van der Waals surface area contributed by atoms with E-state index in [2.05, 4.69) is 9.62 Å². The second-order valence-electron chi connectivity index (χ2n) is 6.26. The van der Waals surface area contributed by atoms with Crippen LogP contribution < -0.4 is 9.46 Å². The summed E-state index contributed by atoms with van der Waals surface area (Å²) in [7, 11) is -2.14. The number of morpholine rings is 1. The molecule has 3 rings (SSSR count). The number of nitrogens with one attached hydrogen (secondary N) is 1. The van der Waals surface area contributed by atoms with Gasteiger partial charge in [-0.3, -0.25) is 4.90 Å². The fourth-order valence-corrected chi connectivity index (χ4v) is 4.38. The van der Waals surface area contributed by atoms with Gasteiger partial charge in [-0.15, -0.1) is 0 Å². The number of ether oxygens (including phenoxy) is 2. The highest BCUT2D eigenvalue weighted by Gasteiger charge is 2.22. The van der Waals surface area contributed by atoms with Crippen LogP contribution in [0.25, 0.3) is 0 Å². The van der Waals surface area contributed by atoms with Crippen molar-refractivity contribution in [2.45, 2.75) is 11.0 Å². The van der Waals surface area contributed by atoms with E-state index in [-0.39, 0.29) is 16.0 Å². The summed E-state index contributed by atoms with van der Waals surface area (Å²) in [5.41, 5.74) is 1.13. The molecule has 27 heavy (non-hydrogen) atoms. The molecule has 1 N–H and O–H groups in total. The molecule has 1 saturated heterocycles. The Morgan fingerprint density at radius 3 is 2.74 bits per heavy atom. The summed E-state index contributed by atoms with van der Waals surface area (Å²) in [5, 5.41) is 0.263. The zero-order chi connectivity index (χ0) is 19.3. The second-order valence-corrected chi connectivity index (χ2v) is 8.44. The molecule has 8 heteroatoms. The van der Waals surface area contributed by atoms with Crippen LogP contribution in [0.4, 0.5) is 0 Å². The van der Waals surface area contributed by atoms with Crippen molar-refractivity contribution >= 4 is 21.6 Å². The average molecular weight is 411 g/mol. The molecule has 0 radical (unpaired) electrons. The van der Waals surface area contributed by atoms with Crippen molar-refractivity contribution in [3.63, 3.8) is 0 Å². The maximum atomic E-state index is 12.5. The Balaban J connectivity index is 1.55. The molecular formula is C19H23ClN2O4S. The Bertz CT molecular complexity index is 861. The average Bonchev–Trinajstić information content (AvgIpc) is 2.69. The molecule has 0 amide bonds. The van der Waals surface area contributed by atoms with E-state index in [0.29, 0.717) is 25.4 Å². The van der Waals surface area contributed by atoms with Gasteiger partial charge < -0.3 is 9.47 Å². The summed E-state index contributed by atoms with van der Waals surface area (Å²) in [6.45, 7) is 3.06. The molecule has 1 heterocycles. The van der Waals surface area contributed by atoms with E-state index < -0.39 is 10.0 Å². The topological polar surface area (TPSA) is 67.9 Å². The van der Waals surface area contributed by atoms with Crippen LogP contribution in [0.5, 0.6) is 5.75 Å². The summed E-state index contributed by atoms with van der Waals surface area (Å²) in [6, 6.07) is 14.5. The lowest BCUT2D eigenvalue weighted by molar-refractivity contribution is -0.0291. The van der Waals surface area contributed by atoms with E-state index >= 15 is 0 Å². The third-order valence-electron chi connectivity index (χ3n) is 4.48. The van der Waals surface area contributed by atoms with Gasteiger partial charge in [0.25, 0.3) is 0 Å². The monoisotopic (exact) mass is 410 g/mol. The molecule has 6 nitrogen and oxygen atoms in total. The van der Waals surface area contributed by atoms with Crippen molar-refractivity contribution in [1.29, 1.82) is 0 Å². The molecule has 0 bridgehead atoms. The molecule has 2 aromatic carbocycles. The summed E-state index contributed by atoms with van der Waals surface area (Å²) in [4.78, 5) is 2.32. The molecule has 0 saturated carbocycles. The molecule has 1 aliphatic heterocycles. The van der Waals surface area contributed by atoms with Gasteiger partial charge in [0.05, 0.1) is 29.7 Å². The van der Waals surface area contributed by atoms with E-state index in [1.54, 1.807) is 6.07 Å². The van der Waals surface area contributed by atoms with E-state index in [9.17, 15) is 8.42 Å². The number of hydrogen-bond acceptors (Lipinski definition) is 5. The van der Waals surface area contributed by atoms with Crippen molar-refractivity contribution in [3.8, 4) is 5.75 Å². The van der Waals surface area contributed by atoms with Crippen molar-refractivity contribution in [3.05, 3.63) is 59.1 Å². The normalized spacial score (nSPS) is 18.4. The molecular weight excluding hydrogens is 388 g/mol. The van der Waals surface area contributed by atoms with E-state index in [1.807, 2.05) is 30.3 Å². The van der Waals surface area contributed by atoms with Crippen molar-refractivity contribution in [2.24, 2.45) is 0 Å². The SMILES string of the molecule is COc1ccc(S(=O)(=O)NCCN2CCO[C@H](c3ccccc3)C2)cc1Cl. The number of hydrogen-bond donors (Lipinski definition) is 1. The molecule has 1 atom stereocenters. The maximum absolute atomic E-state index is 12.5.